The van der Waals surface area contributed by atoms with Crippen LogP contribution in [-0.4, -0.2) is 50.2 Å². The number of morpholine rings is 1. The molecule has 1 N–H and O–H groups in total. The Morgan fingerprint density at radius 2 is 2.28 bits per heavy atom. The van der Waals surface area contributed by atoms with Crippen molar-refractivity contribution >= 4 is 5.91 Å². The van der Waals surface area contributed by atoms with E-state index in [0.717, 1.165) is 32.0 Å². The lowest BCUT2D eigenvalue weighted by atomic mass is 9.87. The molecule has 3 rings (SSSR count). The zero-order valence-electron chi connectivity index (χ0n) is 11.2. The lowest BCUT2D eigenvalue weighted by Crippen LogP contribution is -2.50. The molecule has 3 fully saturated rings. The normalized spacial score (nSPS) is 39.3. The van der Waals surface area contributed by atoms with Gasteiger partial charge in [-0.3, -0.25) is 4.79 Å². The van der Waals surface area contributed by atoms with Gasteiger partial charge in [0, 0.05) is 25.6 Å². The molecule has 0 aromatic carbocycles. The first kappa shape index (κ1) is 12.4. The van der Waals surface area contributed by atoms with E-state index >= 15 is 0 Å². The molecule has 4 atom stereocenters. The average Bonchev–Trinajstić information content (AvgIpc) is 3.01. The molecule has 2 aliphatic carbocycles. The van der Waals surface area contributed by atoms with Crippen LogP contribution < -0.4 is 5.32 Å². The number of fused-ring (bicyclic) bond motifs is 2. The molecule has 0 aromatic rings. The highest BCUT2D eigenvalue weighted by atomic mass is 16.5. The quantitative estimate of drug-likeness (QED) is 0.810. The Balaban J connectivity index is 1.58. The van der Waals surface area contributed by atoms with Crippen molar-refractivity contribution in [1.29, 1.82) is 0 Å². The van der Waals surface area contributed by atoms with Crippen molar-refractivity contribution in [3.8, 4) is 0 Å². The molecule has 2 bridgehead atoms. The number of nitrogens with one attached hydrogen (secondary N) is 1. The summed E-state index contributed by atoms with van der Waals surface area (Å²) in [5.41, 5.74) is 0. The van der Waals surface area contributed by atoms with Crippen LogP contribution in [0.3, 0.4) is 0 Å². The van der Waals surface area contributed by atoms with Crippen LogP contribution in [-0.2, 0) is 9.53 Å². The van der Waals surface area contributed by atoms with E-state index in [4.69, 9.17) is 4.74 Å². The van der Waals surface area contributed by atoms with Gasteiger partial charge in [0.05, 0.1) is 12.7 Å². The van der Waals surface area contributed by atoms with Gasteiger partial charge in [-0.15, -0.1) is 0 Å². The number of carbonyl (C=O) groups excluding carboxylic acids is 1. The second-order valence-corrected chi connectivity index (χ2v) is 6.12. The highest BCUT2D eigenvalue weighted by Crippen LogP contribution is 2.48. The first-order valence-electron chi connectivity index (χ1n) is 7.33. The standard InChI is InChI=1S/C14H24N2O2/c1-15-8-12-9-16(4-5-18-12)14(17)13-7-10-2-3-11(13)6-10/h10-13,15H,2-9H2,1H3. The molecular formula is C14H24N2O2. The summed E-state index contributed by atoms with van der Waals surface area (Å²) in [7, 11) is 1.93. The van der Waals surface area contributed by atoms with Gasteiger partial charge in [-0.1, -0.05) is 6.42 Å². The summed E-state index contributed by atoms with van der Waals surface area (Å²) >= 11 is 0. The third kappa shape index (κ3) is 2.28. The van der Waals surface area contributed by atoms with Crippen molar-refractivity contribution in [2.24, 2.45) is 17.8 Å². The number of amides is 1. The minimum atomic E-state index is 0.172. The van der Waals surface area contributed by atoms with Gasteiger partial charge in [-0.2, -0.15) is 0 Å². The Kier molecular flexibility index (Phi) is 3.57. The topological polar surface area (TPSA) is 41.6 Å². The van der Waals surface area contributed by atoms with Crippen LogP contribution in [0.5, 0.6) is 0 Å². The SMILES string of the molecule is CNCC1CN(C(=O)C2CC3CCC2C3)CCO1. The summed E-state index contributed by atoms with van der Waals surface area (Å²) in [6.07, 6.45) is 5.27. The van der Waals surface area contributed by atoms with Crippen molar-refractivity contribution in [1.82, 2.24) is 10.2 Å². The van der Waals surface area contributed by atoms with Crippen LogP contribution in [0.15, 0.2) is 0 Å². The highest BCUT2D eigenvalue weighted by Gasteiger charge is 2.44. The Morgan fingerprint density at radius 1 is 1.39 bits per heavy atom. The van der Waals surface area contributed by atoms with Gasteiger partial charge in [-0.25, -0.2) is 0 Å². The van der Waals surface area contributed by atoms with Gasteiger partial charge in [0.15, 0.2) is 0 Å². The minimum absolute atomic E-state index is 0.172. The van der Waals surface area contributed by atoms with Crippen molar-refractivity contribution in [2.45, 2.75) is 31.8 Å². The summed E-state index contributed by atoms with van der Waals surface area (Å²) in [5.74, 6) is 2.27. The van der Waals surface area contributed by atoms with E-state index in [9.17, 15) is 4.79 Å². The molecule has 1 amide bonds. The number of ether oxygens (including phenoxy) is 1. The number of likely N-dealkylation sites (N-methyl/N-ethyl adjacent to an activating group) is 1. The Hall–Kier alpha value is -0.610. The molecule has 1 aliphatic heterocycles. The van der Waals surface area contributed by atoms with E-state index in [-0.39, 0.29) is 6.10 Å². The molecule has 4 unspecified atom stereocenters. The molecule has 0 spiro atoms. The Bertz CT molecular complexity index is 319. The molecule has 18 heavy (non-hydrogen) atoms. The van der Waals surface area contributed by atoms with E-state index < -0.39 is 0 Å². The molecule has 2 saturated carbocycles. The molecule has 3 aliphatic rings. The monoisotopic (exact) mass is 252 g/mol. The second kappa shape index (κ2) is 5.17. The van der Waals surface area contributed by atoms with E-state index in [1.54, 1.807) is 0 Å². The fourth-order valence-corrected chi connectivity index (χ4v) is 4.05. The van der Waals surface area contributed by atoms with Crippen LogP contribution in [0.25, 0.3) is 0 Å². The van der Waals surface area contributed by atoms with Crippen LogP contribution in [0, 0.1) is 17.8 Å². The van der Waals surface area contributed by atoms with Crippen molar-refractivity contribution in [2.75, 3.05) is 33.3 Å². The zero-order chi connectivity index (χ0) is 12.5. The number of carbonyl (C=O) groups is 1. The van der Waals surface area contributed by atoms with Crippen molar-refractivity contribution in [3.05, 3.63) is 0 Å². The molecule has 0 aromatic heterocycles. The number of rotatable bonds is 3. The smallest absolute Gasteiger partial charge is 0.226 e. The molecule has 1 heterocycles. The van der Waals surface area contributed by atoms with Crippen LogP contribution >= 0.6 is 0 Å². The summed E-state index contributed by atoms with van der Waals surface area (Å²) in [5, 5.41) is 3.13. The number of hydrogen-bond acceptors (Lipinski definition) is 3. The molecule has 0 radical (unpaired) electrons. The predicted molar refractivity (Wildman–Crippen MR) is 69.2 cm³/mol. The van der Waals surface area contributed by atoms with Crippen LogP contribution in [0.1, 0.15) is 25.7 Å². The third-order valence-electron chi connectivity index (χ3n) is 4.94. The third-order valence-corrected chi connectivity index (χ3v) is 4.94. The molecule has 1 saturated heterocycles. The Labute approximate surface area is 109 Å². The van der Waals surface area contributed by atoms with E-state index in [1.807, 2.05) is 7.05 Å². The molecular weight excluding hydrogens is 228 g/mol. The lowest BCUT2D eigenvalue weighted by molar-refractivity contribution is -0.144. The van der Waals surface area contributed by atoms with Gasteiger partial charge < -0.3 is 15.0 Å². The summed E-state index contributed by atoms with van der Waals surface area (Å²) in [4.78, 5) is 14.6. The van der Waals surface area contributed by atoms with E-state index in [1.165, 1.54) is 19.3 Å². The summed E-state index contributed by atoms with van der Waals surface area (Å²) < 4.78 is 5.67. The van der Waals surface area contributed by atoms with Crippen LogP contribution in [0.4, 0.5) is 0 Å². The number of hydrogen-bond donors (Lipinski definition) is 1. The zero-order valence-corrected chi connectivity index (χ0v) is 11.2. The van der Waals surface area contributed by atoms with Gasteiger partial charge in [0.25, 0.3) is 0 Å². The van der Waals surface area contributed by atoms with Gasteiger partial charge >= 0.3 is 0 Å². The van der Waals surface area contributed by atoms with Crippen molar-refractivity contribution < 1.29 is 9.53 Å². The first-order chi connectivity index (χ1) is 8.78. The maximum atomic E-state index is 12.6. The lowest BCUT2D eigenvalue weighted by Gasteiger charge is -2.36. The van der Waals surface area contributed by atoms with Gasteiger partial charge in [0.1, 0.15) is 0 Å². The second-order valence-electron chi connectivity index (χ2n) is 6.12. The fraction of sp³-hybridized carbons (Fsp3) is 0.929. The average molecular weight is 252 g/mol. The van der Waals surface area contributed by atoms with Crippen molar-refractivity contribution in [3.63, 3.8) is 0 Å². The van der Waals surface area contributed by atoms with Crippen LogP contribution in [0.2, 0.25) is 0 Å². The maximum Gasteiger partial charge on any atom is 0.226 e. The van der Waals surface area contributed by atoms with Gasteiger partial charge in [0.2, 0.25) is 5.91 Å². The largest absolute Gasteiger partial charge is 0.373 e. The molecule has 4 heteroatoms. The molecule has 4 nitrogen and oxygen atoms in total. The van der Waals surface area contributed by atoms with Gasteiger partial charge in [-0.05, 0) is 38.1 Å². The maximum absolute atomic E-state index is 12.6. The summed E-state index contributed by atoms with van der Waals surface area (Å²) in [6, 6.07) is 0. The number of nitrogens with zero attached hydrogens (tertiary/aromatic N) is 1. The summed E-state index contributed by atoms with van der Waals surface area (Å²) in [6.45, 7) is 3.08. The first-order valence-corrected chi connectivity index (χ1v) is 7.33. The fourth-order valence-electron chi connectivity index (χ4n) is 4.05. The van der Waals surface area contributed by atoms with E-state index in [2.05, 4.69) is 10.2 Å². The highest BCUT2D eigenvalue weighted by molar-refractivity contribution is 5.79. The Morgan fingerprint density at radius 3 is 2.94 bits per heavy atom. The predicted octanol–water partition coefficient (Wildman–Crippen LogP) is 0.869. The molecule has 102 valence electrons. The van der Waals surface area contributed by atoms with E-state index in [0.29, 0.717) is 24.3 Å². The minimum Gasteiger partial charge on any atom is -0.373 e.